The van der Waals surface area contributed by atoms with Crippen LogP contribution in [0.2, 0.25) is 0 Å². The lowest BCUT2D eigenvalue weighted by atomic mass is 9.99. The standard InChI is InChI=1S/C26H19N3O2S/c27-23-22-20(16-11-13-19(30)14-12-16)15-21(17-7-3-1-4-8-17)29-26(22)32-24(23)25(31)28-18-9-5-2-6-10-18/h1-15,30H,27H2,(H,28,31). The van der Waals surface area contributed by atoms with Crippen LogP contribution in [0.25, 0.3) is 32.6 Å². The van der Waals surface area contributed by atoms with Crippen LogP contribution < -0.4 is 11.1 Å². The third kappa shape index (κ3) is 3.68. The fourth-order valence-corrected chi connectivity index (χ4v) is 4.64. The monoisotopic (exact) mass is 437 g/mol. The van der Waals surface area contributed by atoms with E-state index >= 15 is 0 Å². The van der Waals surface area contributed by atoms with Crippen LogP contribution in [-0.4, -0.2) is 16.0 Å². The first-order valence-electron chi connectivity index (χ1n) is 10.0. The number of aromatic nitrogens is 1. The second-order valence-electron chi connectivity index (χ2n) is 7.31. The van der Waals surface area contributed by atoms with Crippen LogP contribution in [0.5, 0.6) is 5.75 Å². The molecule has 0 aliphatic heterocycles. The molecule has 0 saturated carbocycles. The number of para-hydroxylation sites is 1. The number of aromatic hydroxyl groups is 1. The lowest BCUT2D eigenvalue weighted by Gasteiger charge is -2.09. The van der Waals surface area contributed by atoms with Crippen LogP contribution in [0.3, 0.4) is 0 Å². The Balaban J connectivity index is 1.69. The number of hydrogen-bond acceptors (Lipinski definition) is 5. The molecule has 3 aromatic carbocycles. The Kier molecular flexibility index (Phi) is 5.05. The van der Waals surface area contributed by atoms with Crippen LogP contribution in [-0.2, 0) is 0 Å². The van der Waals surface area contributed by atoms with Gasteiger partial charge in [0.25, 0.3) is 5.91 Å². The van der Waals surface area contributed by atoms with Crippen LogP contribution in [0.15, 0.2) is 91.0 Å². The van der Waals surface area contributed by atoms with Gasteiger partial charge in [-0.3, -0.25) is 4.79 Å². The molecule has 0 bridgehead atoms. The van der Waals surface area contributed by atoms with Crippen LogP contribution in [0.1, 0.15) is 9.67 Å². The van der Waals surface area contributed by atoms with Crippen LogP contribution in [0.4, 0.5) is 11.4 Å². The second kappa shape index (κ2) is 8.17. The molecule has 4 N–H and O–H groups in total. The number of carbonyl (C=O) groups is 1. The average Bonchev–Trinajstić information content (AvgIpc) is 3.17. The van der Waals surface area contributed by atoms with Gasteiger partial charge in [-0.1, -0.05) is 60.7 Å². The minimum Gasteiger partial charge on any atom is -0.508 e. The molecule has 32 heavy (non-hydrogen) atoms. The van der Waals surface area contributed by atoms with Crippen molar-refractivity contribution in [1.29, 1.82) is 0 Å². The van der Waals surface area contributed by atoms with Crippen molar-refractivity contribution in [1.82, 2.24) is 4.98 Å². The molecule has 1 amide bonds. The third-order valence-electron chi connectivity index (χ3n) is 5.18. The first kappa shape index (κ1) is 19.8. The van der Waals surface area contributed by atoms with Crippen molar-refractivity contribution in [2.75, 3.05) is 11.1 Å². The highest BCUT2D eigenvalue weighted by molar-refractivity contribution is 7.21. The number of carbonyl (C=O) groups excluding carboxylic acids is 1. The van der Waals surface area contributed by atoms with E-state index in [1.165, 1.54) is 11.3 Å². The number of thiophene rings is 1. The van der Waals surface area contributed by atoms with Gasteiger partial charge in [0.1, 0.15) is 15.5 Å². The van der Waals surface area contributed by atoms with Crippen molar-refractivity contribution >= 4 is 38.8 Å². The SMILES string of the molecule is Nc1c(C(=O)Nc2ccccc2)sc2nc(-c3ccccc3)cc(-c3ccc(O)cc3)c12. The molecule has 0 spiro atoms. The Morgan fingerprint density at radius 1 is 0.875 bits per heavy atom. The summed E-state index contributed by atoms with van der Waals surface area (Å²) in [6, 6.07) is 28.1. The van der Waals surface area contributed by atoms with Gasteiger partial charge in [0, 0.05) is 16.6 Å². The summed E-state index contributed by atoms with van der Waals surface area (Å²) in [6.07, 6.45) is 0. The van der Waals surface area contributed by atoms with E-state index in [4.69, 9.17) is 10.7 Å². The Bertz CT molecular complexity index is 1410. The lowest BCUT2D eigenvalue weighted by Crippen LogP contribution is -2.11. The van der Waals surface area contributed by atoms with Crippen molar-refractivity contribution in [3.63, 3.8) is 0 Å². The van der Waals surface area contributed by atoms with Gasteiger partial charge in [0.2, 0.25) is 0 Å². The van der Waals surface area contributed by atoms with E-state index in [9.17, 15) is 9.90 Å². The molecule has 6 heteroatoms. The first-order chi connectivity index (χ1) is 15.6. The molecule has 0 radical (unpaired) electrons. The minimum absolute atomic E-state index is 0.184. The topological polar surface area (TPSA) is 88.2 Å². The number of benzene rings is 3. The number of rotatable bonds is 4. The first-order valence-corrected chi connectivity index (χ1v) is 10.9. The minimum atomic E-state index is -0.269. The van der Waals surface area contributed by atoms with Crippen molar-refractivity contribution in [3.05, 3.63) is 95.9 Å². The van der Waals surface area contributed by atoms with Crippen molar-refractivity contribution in [2.45, 2.75) is 0 Å². The molecular weight excluding hydrogens is 418 g/mol. The summed E-state index contributed by atoms with van der Waals surface area (Å²) in [5, 5.41) is 13.4. The molecule has 0 atom stereocenters. The summed E-state index contributed by atoms with van der Waals surface area (Å²) in [7, 11) is 0. The smallest absolute Gasteiger partial charge is 0.267 e. The van der Waals surface area contributed by atoms with E-state index in [2.05, 4.69) is 5.32 Å². The Morgan fingerprint density at radius 2 is 1.53 bits per heavy atom. The molecule has 5 aromatic rings. The zero-order valence-electron chi connectivity index (χ0n) is 16.9. The van der Waals surface area contributed by atoms with Gasteiger partial charge in [-0.15, -0.1) is 11.3 Å². The van der Waals surface area contributed by atoms with Gasteiger partial charge >= 0.3 is 0 Å². The van der Waals surface area contributed by atoms with E-state index in [0.29, 0.717) is 21.1 Å². The molecule has 5 rings (SSSR count). The van der Waals surface area contributed by atoms with Gasteiger partial charge in [-0.05, 0) is 41.5 Å². The van der Waals surface area contributed by atoms with Crippen molar-refractivity contribution < 1.29 is 9.90 Å². The number of phenols is 1. The number of phenolic OH excluding ortho intramolecular Hbond substituents is 1. The predicted octanol–water partition coefficient (Wildman–Crippen LogP) is 6.17. The molecule has 0 fully saturated rings. The fraction of sp³-hybridized carbons (Fsp3) is 0. The molecule has 156 valence electrons. The van der Waals surface area contributed by atoms with Crippen molar-refractivity contribution in [2.24, 2.45) is 0 Å². The summed E-state index contributed by atoms with van der Waals surface area (Å²) >= 11 is 1.27. The number of nitrogen functional groups attached to an aromatic ring is 1. The van der Waals surface area contributed by atoms with Crippen LogP contribution in [0, 0.1) is 0 Å². The number of nitrogens with zero attached hydrogens (tertiary/aromatic N) is 1. The third-order valence-corrected chi connectivity index (χ3v) is 6.28. The van der Waals surface area contributed by atoms with E-state index in [-0.39, 0.29) is 11.7 Å². The largest absolute Gasteiger partial charge is 0.508 e. The number of nitrogens with one attached hydrogen (secondary N) is 1. The average molecular weight is 438 g/mol. The summed E-state index contributed by atoms with van der Waals surface area (Å²) < 4.78 is 0. The lowest BCUT2D eigenvalue weighted by molar-refractivity contribution is 0.103. The Morgan fingerprint density at radius 3 is 2.22 bits per heavy atom. The summed E-state index contributed by atoms with van der Waals surface area (Å²) in [6.45, 7) is 0. The Hall–Kier alpha value is -4.16. The molecule has 2 aromatic heterocycles. The molecule has 0 aliphatic rings. The molecule has 0 aliphatic carbocycles. The number of fused-ring (bicyclic) bond motifs is 1. The zero-order chi connectivity index (χ0) is 22.1. The maximum atomic E-state index is 13.0. The van der Waals surface area contributed by atoms with Gasteiger partial charge in [-0.2, -0.15) is 0 Å². The number of amides is 1. The van der Waals surface area contributed by atoms with Crippen molar-refractivity contribution in [3.8, 4) is 28.1 Å². The van der Waals surface area contributed by atoms with E-state index < -0.39 is 0 Å². The molecule has 5 nitrogen and oxygen atoms in total. The van der Waals surface area contributed by atoms with E-state index in [1.807, 2.05) is 78.9 Å². The molecular formula is C26H19N3O2S. The highest BCUT2D eigenvalue weighted by Gasteiger charge is 2.21. The van der Waals surface area contributed by atoms with Gasteiger partial charge in [-0.25, -0.2) is 4.98 Å². The van der Waals surface area contributed by atoms with E-state index in [0.717, 1.165) is 27.8 Å². The van der Waals surface area contributed by atoms with Gasteiger partial charge in [0.05, 0.1) is 11.4 Å². The summed E-state index contributed by atoms with van der Waals surface area (Å²) in [5.41, 5.74) is 11.1. The molecule has 0 unspecified atom stereocenters. The predicted molar refractivity (Wildman–Crippen MR) is 131 cm³/mol. The van der Waals surface area contributed by atoms with Gasteiger partial charge < -0.3 is 16.2 Å². The normalized spacial score (nSPS) is 10.9. The molecule has 2 heterocycles. The van der Waals surface area contributed by atoms with Crippen LogP contribution >= 0.6 is 11.3 Å². The summed E-state index contributed by atoms with van der Waals surface area (Å²) in [4.78, 5) is 18.9. The number of anilines is 2. The molecule has 0 saturated heterocycles. The highest BCUT2D eigenvalue weighted by Crippen LogP contribution is 2.41. The fourth-order valence-electron chi connectivity index (χ4n) is 3.62. The number of hydrogen-bond donors (Lipinski definition) is 3. The number of pyridine rings is 1. The quantitative estimate of drug-likeness (QED) is 0.314. The highest BCUT2D eigenvalue weighted by atomic mass is 32.1. The zero-order valence-corrected chi connectivity index (χ0v) is 17.8. The Labute approximate surface area is 188 Å². The van der Waals surface area contributed by atoms with E-state index in [1.54, 1.807) is 12.1 Å². The number of nitrogens with two attached hydrogens (primary N) is 1. The van der Waals surface area contributed by atoms with Gasteiger partial charge in [0.15, 0.2) is 0 Å². The second-order valence-corrected chi connectivity index (χ2v) is 8.31. The maximum Gasteiger partial charge on any atom is 0.267 e. The maximum absolute atomic E-state index is 13.0. The summed E-state index contributed by atoms with van der Waals surface area (Å²) in [5.74, 6) is -0.0850.